The van der Waals surface area contributed by atoms with Crippen LogP contribution >= 0.6 is 0 Å². The van der Waals surface area contributed by atoms with E-state index in [0.29, 0.717) is 15.0 Å². The molecule has 2 fully saturated rings. The Morgan fingerprint density at radius 1 is 0.773 bits per heavy atom. The van der Waals surface area contributed by atoms with Crippen molar-refractivity contribution in [3.8, 4) is 0 Å². The molecule has 0 saturated heterocycles. The predicted octanol–water partition coefficient (Wildman–Crippen LogP) is 5.23. The molecule has 1 aromatic carbocycles. The van der Waals surface area contributed by atoms with E-state index in [1.54, 1.807) is 0 Å². The molecule has 0 bridgehead atoms. The first-order chi connectivity index (χ1) is 10.9. The number of hydrogen-bond acceptors (Lipinski definition) is 0. The zero-order chi connectivity index (χ0) is 15.0. The summed E-state index contributed by atoms with van der Waals surface area (Å²) in [5.74, 6) is 4.62. The van der Waals surface area contributed by atoms with Crippen molar-refractivity contribution in [2.45, 2.75) is 75.8 Å². The van der Waals surface area contributed by atoms with E-state index in [0.717, 1.165) is 18.3 Å². The molecule has 2 saturated carbocycles. The summed E-state index contributed by atoms with van der Waals surface area (Å²) in [7, 11) is 0. The van der Waals surface area contributed by atoms with Crippen molar-refractivity contribution in [2.24, 2.45) is 0 Å². The van der Waals surface area contributed by atoms with Gasteiger partial charge in [0.05, 0.1) is 0 Å². The average molecular weight is 359 g/mol. The Balaban J connectivity index is 1.64. The molecular weight excluding hydrogens is 330 g/mol. The Labute approximate surface area is 143 Å². The van der Waals surface area contributed by atoms with E-state index in [9.17, 15) is 0 Å². The second kappa shape index (κ2) is 8.99. The minimum atomic E-state index is 0.517. The van der Waals surface area contributed by atoms with E-state index < -0.39 is 0 Å². The fourth-order valence-corrected chi connectivity index (χ4v) is 5.98. The molecule has 0 nitrogen and oxygen atoms in total. The molecule has 118 valence electrons. The van der Waals surface area contributed by atoms with Crippen molar-refractivity contribution >= 4 is 26.1 Å². The quantitative estimate of drug-likeness (QED) is 0.632. The van der Waals surface area contributed by atoms with Crippen LogP contribution in [0.25, 0.3) is 0 Å². The van der Waals surface area contributed by atoms with Crippen molar-refractivity contribution in [1.29, 1.82) is 0 Å². The first kappa shape index (κ1) is 16.4. The van der Waals surface area contributed by atoms with Crippen molar-refractivity contribution < 1.29 is 0 Å². The first-order valence-corrected chi connectivity index (χ1v) is 11.2. The Hall–Kier alpha value is -0.456. The van der Waals surface area contributed by atoms with Gasteiger partial charge >= 0.3 is 143 Å². The summed E-state index contributed by atoms with van der Waals surface area (Å²) in [6.07, 6.45) is 14.8. The first-order valence-electron chi connectivity index (χ1n) is 9.32. The second-order valence-electron chi connectivity index (χ2n) is 7.13. The summed E-state index contributed by atoms with van der Waals surface area (Å²) in [6.45, 7) is 0.881. The van der Waals surface area contributed by atoms with Gasteiger partial charge < -0.3 is 0 Å². The van der Waals surface area contributed by atoms with Crippen LogP contribution in [-0.4, -0.2) is 21.7 Å². The SMILES string of the molecule is C(=C\B(C1CCCCC1)C1CCCCC1)/[Se]c1ccccc1. The molecule has 0 heterocycles. The minimum absolute atomic E-state index is 0.517. The summed E-state index contributed by atoms with van der Waals surface area (Å²) >= 11 is 0.517. The maximum atomic E-state index is 2.65. The van der Waals surface area contributed by atoms with Gasteiger partial charge in [0.2, 0.25) is 0 Å². The molecule has 0 aliphatic heterocycles. The monoisotopic (exact) mass is 360 g/mol. The van der Waals surface area contributed by atoms with Gasteiger partial charge in [-0.1, -0.05) is 0 Å². The normalized spacial score (nSPS) is 21.3. The van der Waals surface area contributed by atoms with Crippen LogP contribution in [0.2, 0.25) is 11.6 Å². The maximum absolute atomic E-state index is 2.65. The molecule has 2 heteroatoms. The Bertz CT molecular complexity index is 426. The van der Waals surface area contributed by atoms with Crippen LogP contribution in [0.1, 0.15) is 64.2 Å². The number of rotatable bonds is 5. The van der Waals surface area contributed by atoms with Crippen LogP contribution in [-0.2, 0) is 0 Å². The second-order valence-corrected chi connectivity index (χ2v) is 9.19. The van der Waals surface area contributed by atoms with Gasteiger partial charge in [0.15, 0.2) is 0 Å². The summed E-state index contributed by atoms with van der Waals surface area (Å²) in [5, 5.41) is 0. The van der Waals surface area contributed by atoms with E-state index in [2.05, 4.69) is 41.3 Å². The molecule has 0 radical (unpaired) electrons. The summed E-state index contributed by atoms with van der Waals surface area (Å²) in [6, 6.07) is 11.0. The third-order valence-corrected chi connectivity index (χ3v) is 7.39. The van der Waals surface area contributed by atoms with Crippen molar-refractivity contribution in [3.63, 3.8) is 0 Å². The number of hydrogen-bond donors (Lipinski definition) is 0. The zero-order valence-electron chi connectivity index (χ0n) is 13.8. The van der Waals surface area contributed by atoms with Gasteiger partial charge in [-0.3, -0.25) is 0 Å². The van der Waals surface area contributed by atoms with Crippen LogP contribution in [0.3, 0.4) is 0 Å². The summed E-state index contributed by atoms with van der Waals surface area (Å²) in [4.78, 5) is 2.54. The average Bonchev–Trinajstić information content (AvgIpc) is 2.61. The molecule has 0 unspecified atom stereocenters. The molecule has 0 N–H and O–H groups in total. The molecule has 2 aliphatic carbocycles. The van der Waals surface area contributed by atoms with Gasteiger partial charge in [0, 0.05) is 0 Å². The van der Waals surface area contributed by atoms with E-state index >= 15 is 0 Å². The van der Waals surface area contributed by atoms with E-state index in [1.807, 2.05) is 0 Å². The van der Waals surface area contributed by atoms with Crippen molar-refractivity contribution in [3.05, 3.63) is 41.3 Å². The van der Waals surface area contributed by atoms with Gasteiger partial charge in [-0.2, -0.15) is 0 Å². The van der Waals surface area contributed by atoms with E-state index in [-0.39, 0.29) is 0 Å². The van der Waals surface area contributed by atoms with Gasteiger partial charge in [0.1, 0.15) is 0 Å². The third-order valence-electron chi connectivity index (χ3n) is 5.64. The van der Waals surface area contributed by atoms with Crippen molar-refractivity contribution in [1.82, 2.24) is 0 Å². The molecule has 2 aliphatic rings. The van der Waals surface area contributed by atoms with Gasteiger partial charge in [-0.15, -0.1) is 0 Å². The molecule has 0 aromatic heterocycles. The molecule has 1 aromatic rings. The van der Waals surface area contributed by atoms with Crippen LogP contribution in [0.5, 0.6) is 0 Å². The molecule has 22 heavy (non-hydrogen) atoms. The van der Waals surface area contributed by atoms with E-state index in [1.165, 1.54) is 68.7 Å². The van der Waals surface area contributed by atoms with Gasteiger partial charge in [-0.25, -0.2) is 0 Å². The standard InChI is InChI=1S/C20H29BSe/c1-4-10-18(11-5-1)21(19-12-6-2-7-13-19)16-17-22-20-14-8-3-9-15-20/h3,8-9,14-19H,1-2,4-7,10-13H2/b17-16+. The predicted molar refractivity (Wildman–Crippen MR) is 100 cm³/mol. The Morgan fingerprint density at radius 3 is 1.86 bits per heavy atom. The number of benzene rings is 1. The Kier molecular flexibility index (Phi) is 6.70. The molecular formula is C20H29BSe. The van der Waals surface area contributed by atoms with Gasteiger partial charge in [-0.05, 0) is 0 Å². The fourth-order valence-electron chi connectivity index (χ4n) is 4.44. The third kappa shape index (κ3) is 4.77. The van der Waals surface area contributed by atoms with E-state index in [4.69, 9.17) is 0 Å². The van der Waals surface area contributed by atoms with Crippen LogP contribution < -0.4 is 4.46 Å². The summed E-state index contributed by atoms with van der Waals surface area (Å²) < 4.78 is 1.51. The molecule has 0 amide bonds. The molecule has 0 atom stereocenters. The fraction of sp³-hybridized carbons (Fsp3) is 0.600. The van der Waals surface area contributed by atoms with Crippen LogP contribution in [0.15, 0.2) is 41.3 Å². The summed E-state index contributed by atoms with van der Waals surface area (Å²) in [5.41, 5.74) is 0. The molecule has 3 rings (SSSR count). The van der Waals surface area contributed by atoms with Crippen LogP contribution in [0, 0.1) is 0 Å². The zero-order valence-corrected chi connectivity index (χ0v) is 15.5. The van der Waals surface area contributed by atoms with Gasteiger partial charge in [0.25, 0.3) is 0 Å². The van der Waals surface area contributed by atoms with Crippen LogP contribution in [0.4, 0.5) is 0 Å². The molecule has 0 spiro atoms. The van der Waals surface area contributed by atoms with Crippen molar-refractivity contribution in [2.75, 3.05) is 0 Å². The Morgan fingerprint density at radius 2 is 1.32 bits per heavy atom. The topological polar surface area (TPSA) is 0 Å².